The number of benzene rings is 1. The Labute approximate surface area is 98.7 Å². The molecule has 1 aromatic heterocycles. The van der Waals surface area contributed by atoms with Crippen LogP contribution in [0.2, 0.25) is 5.02 Å². The van der Waals surface area contributed by atoms with Crippen molar-refractivity contribution in [1.82, 2.24) is 4.98 Å². The zero-order valence-corrected chi connectivity index (χ0v) is 9.46. The molecule has 3 heteroatoms. The highest BCUT2D eigenvalue weighted by atomic mass is 35.5. The Hall–Kier alpha value is -1.05. The van der Waals surface area contributed by atoms with Gasteiger partial charge in [-0.1, -0.05) is 41.9 Å². The van der Waals surface area contributed by atoms with Gasteiger partial charge in [-0.25, -0.2) is 0 Å². The number of aromatic nitrogens is 1. The van der Waals surface area contributed by atoms with Crippen LogP contribution < -0.4 is 0 Å². The molecule has 0 saturated heterocycles. The van der Waals surface area contributed by atoms with Gasteiger partial charge in [0, 0.05) is 23.8 Å². The average molecular weight is 238 g/mol. The number of rotatable bonds is 2. The molecule has 1 nitrogen and oxygen atoms in total. The van der Waals surface area contributed by atoms with E-state index in [0.717, 1.165) is 16.7 Å². The molecule has 0 aliphatic rings. The lowest BCUT2D eigenvalue weighted by molar-refractivity contribution is 1.25. The molecule has 15 heavy (non-hydrogen) atoms. The summed E-state index contributed by atoms with van der Waals surface area (Å²) in [5.41, 5.74) is 3.00. The molecule has 0 unspecified atom stereocenters. The van der Waals surface area contributed by atoms with Gasteiger partial charge in [0.05, 0.1) is 5.02 Å². The number of alkyl halides is 1. The molecule has 0 saturated carbocycles. The molecule has 0 aliphatic carbocycles. The third-order valence-corrected chi connectivity index (χ3v) is 2.76. The molecule has 0 spiro atoms. The topological polar surface area (TPSA) is 12.9 Å². The number of nitrogens with zero attached hydrogens (tertiary/aromatic N) is 1. The standard InChI is InChI=1S/C12H9Cl2N/c13-6-10-7-15-8-11(14)12(10)9-4-2-1-3-5-9/h1-5,7-8H,6H2. The van der Waals surface area contributed by atoms with Crippen molar-refractivity contribution in [3.05, 3.63) is 53.3 Å². The van der Waals surface area contributed by atoms with E-state index in [1.807, 2.05) is 30.3 Å². The summed E-state index contributed by atoms with van der Waals surface area (Å²) >= 11 is 12.0. The number of hydrogen-bond acceptors (Lipinski definition) is 1. The van der Waals surface area contributed by atoms with Crippen LogP contribution >= 0.6 is 23.2 Å². The zero-order chi connectivity index (χ0) is 10.7. The van der Waals surface area contributed by atoms with Crippen LogP contribution in [0.15, 0.2) is 42.7 Å². The van der Waals surface area contributed by atoms with Crippen molar-refractivity contribution >= 4 is 23.2 Å². The molecule has 0 amide bonds. The van der Waals surface area contributed by atoms with E-state index >= 15 is 0 Å². The van der Waals surface area contributed by atoms with Gasteiger partial charge in [-0.3, -0.25) is 4.98 Å². The first-order valence-corrected chi connectivity index (χ1v) is 5.48. The second-order valence-corrected chi connectivity index (χ2v) is 3.83. The summed E-state index contributed by atoms with van der Waals surface area (Å²) in [5.74, 6) is 0.414. The molecule has 0 bridgehead atoms. The van der Waals surface area contributed by atoms with Crippen LogP contribution in [0.1, 0.15) is 5.56 Å². The quantitative estimate of drug-likeness (QED) is 0.716. The first-order valence-electron chi connectivity index (χ1n) is 4.56. The van der Waals surface area contributed by atoms with E-state index in [1.165, 1.54) is 0 Å². The van der Waals surface area contributed by atoms with Crippen molar-refractivity contribution in [2.75, 3.05) is 0 Å². The highest BCUT2D eigenvalue weighted by Crippen LogP contribution is 2.31. The summed E-state index contributed by atoms with van der Waals surface area (Å²) in [5, 5.41) is 0.638. The third-order valence-electron chi connectivity index (χ3n) is 2.18. The van der Waals surface area contributed by atoms with Crippen LogP contribution in [0.4, 0.5) is 0 Å². The third kappa shape index (κ3) is 2.14. The molecule has 2 aromatic rings. The van der Waals surface area contributed by atoms with Gasteiger partial charge in [-0.15, -0.1) is 11.6 Å². The van der Waals surface area contributed by atoms with E-state index in [-0.39, 0.29) is 0 Å². The molecular formula is C12H9Cl2N. The van der Waals surface area contributed by atoms with Gasteiger partial charge in [-0.05, 0) is 11.1 Å². The molecule has 76 valence electrons. The lowest BCUT2D eigenvalue weighted by Gasteiger charge is -2.08. The first kappa shape index (κ1) is 10.5. The molecule has 0 N–H and O–H groups in total. The Kier molecular flexibility index (Phi) is 3.24. The smallest absolute Gasteiger partial charge is 0.0670 e. The van der Waals surface area contributed by atoms with Gasteiger partial charge in [0.2, 0.25) is 0 Å². The fourth-order valence-electron chi connectivity index (χ4n) is 1.50. The summed E-state index contributed by atoms with van der Waals surface area (Å²) in [7, 11) is 0. The number of halogens is 2. The fourth-order valence-corrected chi connectivity index (χ4v) is 1.99. The second-order valence-electron chi connectivity index (χ2n) is 3.16. The lowest BCUT2D eigenvalue weighted by atomic mass is 10.0. The van der Waals surface area contributed by atoms with Gasteiger partial charge in [0.15, 0.2) is 0 Å². The molecule has 2 rings (SSSR count). The first-order chi connectivity index (χ1) is 7.33. The average Bonchev–Trinajstić information content (AvgIpc) is 2.29. The van der Waals surface area contributed by atoms with Gasteiger partial charge in [-0.2, -0.15) is 0 Å². The van der Waals surface area contributed by atoms with Crippen molar-refractivity contribution in [2.45, 2.75) is 5.88 Å². The summed E-state index contributed by atoms with van der Waals surface area (Å²) in [6.07, 6.45) is 3.39. The van der Waals surface area contributed by atoms with Crippen LogP contribution in [0.25, 0.3) is 11.1 Å². The van der Waals surface area contributed by atoms with E-state index in [4.69, 9.17) is 23.2 Å². The largest absolute Gasteiger partial charge is 0.263 e. The van der Waals surface area contributed by atoms with Gasteiger partial charge >= 0.3 is 0 Å². The summed E-state index contributed by atoms with van der Waals surface area (Å²) in [6.45, 7) is 0. The minimum Gasteiger partial charge on any atom is -0.263 e. The Bertz CT molecular complexity index is 454. The number of hydrogen-bond donors (Lipinski definition) is 0. The van der Waals surface area contributed by atoms with Crippen LogP contribution in [-0.4, -0.2) is 4.98 Å². The van der Waals surface area contributed by atoms with Gasteiger partial charge < -0.3 is 0 Å². The van der Waals surface area contributed by atoms with Crippen molar-refractivity contribution in [2.24, 2.45) is 0 Å². The monoisotopic (exact) mass is 237 g/mol. The molecule has 0 radical (unpaired) electrons. The van der Waals surface area contributed by atoms with Crippen LogP contribution in [0, 0.1) is 0 Å². The highest BCUT2D eigenvalue weighted by molar-refractivity contribution is 6.33. The Balaban J connectivity index is 2.61. The molecule has 1 heterocycles. The van der Waals surface area contributed by atoms with E-state index in [9.17, 15) is 0 Å². The normalized spacial score (nSPS) is 10.3. The van der Waals surface area contributed by atoms with Crippen LogP contribution in [0.5, 0.6) is 0 Å². The highest BCUT2D eigenvalue weighted by Gasteiger charge is 2.08. The fraction of sp³-hybridized carbons (Fsp3) is 0.0833. The zero-order valence-electron chi connectivity index (χ0n) is 7.95. The minimum absolute atomic E-state index is 0.414. The molecule has 0 aliphatic heterocycles. The molecule has 0 atom stereocenters. The molecule has 1 aromatic carbocycles. The van der Waals surface area contributed by atoms with E-state index in [0.29, 0.717) is 10.9 Å². The van der Waals surface area contributed by atoms with Gasteiger partial charge in [0.25, 0.3) is 0 Å². The number of pyridine rings is 1. The Morgan fingerprint density at radius 1 is 1.07 bits per heavy atom. The lowest BCUT2D eigenvalue weighted by Crippen LogP contribution is -1.89. The summed E-state index contributed by atoms with van der Waals surface area (Å²) < 4.78 is 0. The summed E-state index contributed by atoms with van der Waals surface area (Å²) in [6, 6.07) is 9.95. The predicted molar refractivity (Wildman–Crippen MR) is 64.2 cm³/mol. The predicted octanol–water partition coefficient (Wildman–Crippen LogP) is 4.14. The second kappa shape index (κ2) is 4.65. The van der Waals surface area contributed by atoms with Crippen molar-refractivity contribution < 1.29 is 0 Å². The van der Waals surface area contributed by atoms with Gasteiger partial charge in [0.1, 0.15) is 0 Å². The molecule has 0 fully saturated rings. The maximum Gasteiger partial charge on any atom is 0.0670 e. The van der Waals surface area contributed by atoms with Crippen molar-refractivity contribution in [3.63, 3.8) is 0 Å². The minimum atomic E-state index is 0.414. The molecular weight excluding hydrogens is 229 g/mol. The SMILES string of the molecule is ClCc1cncc(Cl)c1-c1ccccc1. The van der Waals surface area contributed by atoms with Crippen molar-refractivity contribution in [1.29, 1.82) is 0 Å². The van der Waals surface area contributed by atoms with E-state index in [1.54, 1.807) is 12.4 Å². The van der Waals surface area contributed by atoms with Crippen LogP contribution in [-0.2, 0) is 5.88 Å². The van der Waals surface area contributed by atoms with E-state index in [2.05, 4.69) is 4.98 Å². The van der Waals surface area contributed by atoms with Crippen LogP contribution in [0.3, 0.4) is 0 Å². The van der Waals surface area contributed by atoms with E-state index < -0.39 is 0 Å². The Morgan fingerprint density at radius 2 is 1.80 bits per heavy atom. The maximum absolute atomic E-state index is 6.12. The maximum atomic E-state index is 6.12. The summed E-state index contributed by atoms with van der Waals surface area (Å²) in [4.78, 5) is 4.02. The Morgan fingerprint density at radius 3 is 2.47 bits per heavy atom. The van der Waals surface area contributed by atoms with Crippen molar-refractivity contribution in [3.8, 4) is 11.1 Å².